The molecule has 5 nitrogen and oxygen atoms in total. The summed E-state index contributed by atoms with van der Waals surface area (Å²) in [5.41, 5.74) is 2.69. The van der Waals surface area contributed by atoms with Crippen molar-refractivity contribution in [2.24, 2.45) is 0 Å². The minimum Gasteiger partial charge on any atom is -0.313 e. The van der Waals surface area contributed by atoms with Gasteiger partial charge in [-0.2, -0.15) is 0 Å². The van der Waals surface area contributed by atoms with Crippen molar-refractivity contribution < 1.29 is 8.42 Å². The lowest BCUT2D eigenvalue weighted by Crippen LogP contribution is -2.40. The second-order valence-electron chi connectivity index (χ2n) is 4.66. The van der Waals surface area contributed by atoms with E-state index in [1.165, 1.54) is 24.2 Å². The molecule has 2 rings (SSSR count). The fourth-order valence-corrected chi connectivity index (χ4v) is 3.13. The lowest BCUT2D eigenvalue weighted by Gasteiger charge is -2.14. The van der Waals surface area contributed by atoms with Gasteiger partial charge in [-0.05, 0) is 19.8 Å². The zero-order chi connectivity index (χ0) is 13.0. The molecule has 7 heteroatoms. The average molecular weight is 289 g/mol. The molecule has 2 N–H and O–H groups in total. The highest BCUT2D eigenvalue weighted by Gasteiger charge is 2.25. The van der Waals surface area contributed by atoms with Gasteiger partial charge >= 0.3 is 0 Å². The van der Waals surface area contributed by atoms with Gasteiger partial charge in [0, 0.05) is 30.9 Å². The zero-order valence-corrected chi connectivity index (χ0v) is 12.1. The van der Waals surface area contributed by atoms with E-state index < -0.39 is 15.3 Å². The molecular formula is C11H19N3O2S2. The van der Waals surface area contributed by atoms with E-state index in [-0.39, 0.29) is 0 Å². The lowest BCUT2D eigenvalue weighted by molar-refractivity contribution is 0.557. The standard InChI is InChI=1S/C11H19N3O2S2/c1-9(6-12-10-2-3-10)18(15,16)14-5-4-11-7-17-8-13-11/h7-10,12,14H,2-6H2,1H3. The van der Waals surface area contributed by atoms with E-state index in [9.17, 15) is 8.42 Å². The van der Waals surface area contributed by atoms with E-state index in [1.54, 1.807) is 12.4 Å². The first kappa shape index (κ1) is 13.9. The van der Waals surface area contributed by atoms with Crippen LogP contribution in [-0.2, 0) is 16.4 Å². The van der Waals surface area contributed by atoms with Crippen molar-refractivity contribution in [1.82, 2.24) is 15.0 Å². The van der Waals surface area contributed by atoms with Gasteiger partial charge in [0.2, 0.25) is 10.0 Å². The van der Waals surface area contributed by atoms with E-state index >= 15 is 0 Å². The van der Waals surface area contributed by atoms with E-state index in [2.05, 4.69) is 15.0 Å². The van der Waals surface area contributed by atoms with Gasteiger partial charge in [-0.15, -0.1) is 11.3 Å². The maximum absolute atomic E-state index is 11.9. The number of nitrogens with zero attached hydrogens (tertiary/aromatic N) is 1. The van der Waals surface area contributed by atoms with Crippen LogP contribution in [0.5, 0.6) is 0 Å². The van der Waals surface area contributed by atoms with Gasteiger partial charge in [-0.3, -0.25) is 0 Å². The summed E-state index contributed by atoms with van der Waals surface area (Å²) in [6.45, 7) is 2.68. The van der Waals surface area contributed by atoms with Gasteiger partial charge in [0.1, 0.15) is 0 Å². The summed E-state index contributed by atoms with van der Waals surface area (Å²) < 4.78 is 26.5. The number of rotatable bonds is 8. The van der Waals surface area contributed by atoms with Crippen molar-refractivity contribution in [3.63, 3.8) is 0 Å². The number of sulfonamides is 1. The summed E-state index contributed by atoms with van der Waals surface area (Å²) in [5.74, 6) is 0. The van der Waals surface area contributed by atoms with Crippen LogP contribution >= 0.6 is 11.3 Å². The van der Waals surface area contributed by atoms with Crippen LogP contribution < -0.4 is 10.0 Å². The highest BCUT2D eigenvalue weighted by molar-refractivity contribution is 7.90. The summed E-state index contributed by atoms with van der Waals surface area (Å²) >= 11 is 1.52. The number of thiazole rings is 1. The summed E-state index contributed by atoms with van der Waals surface area (Å²) in [5, 5.41) is 4.78. The van der Waals surface area contributed by atoms with E-state index in [0.29, 0.717) is 25.6 Å². The fourth-order valence-electron chi connectivity index (χ4n) is 1.55. The predicted octanol–water partition coefficient (Wildman–Crippen LogP) is 0.745. The minimum atomic E-state index is -3.22. The molecule has 1 aromatic rings. The Bertz CT molecular complexity index is 455. The van der Waals surface area contributed by atoms with Crippen LogP contribution in [0.2, 0.25) is 0 Å². The van der Waals surface area contributed by atoms with E-state index in [1.807, 2.05) is 5.38 Å². The van der Waals surface area contributed by atoms with Crippen molar-refractivity contribution in [1.29, 1.82) is 0 Å². The molecule has 1 saturated carbocycles. The molecule has 0 bridgehead atoms. The molecule has 1 aliphatic rings. The molecule has 1 aliphatic carbocycles. The van der Waals surface area contributed by atoms with Crippen molar-refractivity contribution in [3.05, 3.63) is 16.6 Å². The summed E-state index contributed by atoms with van der Waals surface area (Å²) in [6.07, 6.45) is 2.99. The zero-order valence-electron chi connectivity index (χ0n) is 10.4. The molecule has 0 spiro atoms. The predicted molar refractivity (Wildman–Crippen MR) is 73.2 cm³/mol. The molecule has 0 aliphatic heterocycles. The Kier molecular flexibility index (Phi) is 4.71. The molecule has 0 amide bonds. The van der Waals surface area contributed by atoms with Gasteiger partial charge in [-0.25, -0.2) is 18.1 Å². The van der Waals surface area contributed by atoms with Gasteiger partial charge in [-0.1, -0.05) is 0 Å². The average Bonchev–Trinajstić information content (AvgIpc) is 3.02. The smallest absolute Gasteiger partial charge is 0.215 e. The Balaban J connectivity index is 1.71. The van der Waals surface area contributed by atoms with E-state index in [4.69, 9.17) is 0 Å². The molecule has 0 radical (unpaired) electrons. The lowest BCUT2D eigenvalue weighted by atomic mass is 10.3. The van der Waals surface area contributed by atoms with Gasteiger partial charge in [0.15, 0.2) is 0 Å². The molecule has 1 unspecified atom stereocenters. The minimum absolute atomic E-state index is 0.395. The monoisotopic (exact) mass is 289 g/mol. The molecule has 1 aromatic heterocycles. The third-order valence-corrected chi connectivity index (χ3v) is 5.44. The largest absolute Gasteiger partial charge is 0.313 e. The molecule has 1 heterocycles. The van der Waals surface area contributed by atoms with Crippen LogP contribution in [0.4, 0.5) is 0 Å². The second kappa shape index (κ2) is 6.10. The summed E-state index contributed by atoms with van der Waals surface area (Å²) in [7, 11) is -3.22. The van der Waals surface area contributed by atoms with Crippen LogP contribution in [0.3, 0.4) is 0 Å². The van der Waals surface area contributed by atoms with Crippen LogP contribution in [0.1, 0.15) is 25.5 Å². The number of aromatic nitrogens is 1. The first-order chi connectivity index (χ1) is 8.58. The van der Waals surface area contributed by atoms with Crippen LogP contribution in [0, 0.1) is 0 Å². The molecule has 18 heavy (non-hydrogen) atoms. The number of hydrogen-bond donors (Lipinski definition) is 2. The van der Waals surface area contributed by atoms with Crippen LogP contribution in [0.15, 0.2) is 10.9 Å². The summed E-state index contributed by atoms with van der Waals surface area (Å²) in [4.78, 5) is 4.12. The normalized spacial score (nSPS) is 17.8. The Morgan fingerprint density at radius 3 is 2.94 bits per heavy atom. The maximum Gasteiger partial charge on any atom is 0.215 e. The van der Waals surface area contributed by atoms with Gasteiger partial charge < -0.3 is 5.32 Å². The number of hydrogen-bond acceptors (Lipinski definition) is 5. The Morgan fingerprint density at radius 1 is 1.56 bits per heavy atom. The second-order valence-corrected chi connectivity index (χ2v) is 7.56. The molecule has 102 valence electrons. The highest BCUT2D eigenvalue weighted by Crippen LogP contribution is 2.18. The fraction of sp³-hybridized carbons (Fsp3) is 0.727. The highest BCUT2D eigenvalue weighted by atomic mass is 32.2. The van der Waals surface area contributed by atoms with Crippen molar-refractivity contribution in [2.45, 2.75) is 37.5 Å². The third-order valence-electron chi connectivity index (χ3n) is 2.97. The molecular weight excluding hydrogens is 270 g/mol. The first-order valence-corrected chi connectivity index (χ1v) is 8.66. The first-order valence-electron chi connectivity index (χ1n) is 6.17. The van der Waals surface area contributed by atoms with Crippen molar-refractivity contribution >= 4 is 21.4 Å². The number of nitrogens with one attached hydrogen (secondary N) is 2. The topological polar surface area (TPSA) is 71.1 Å². The molecule has 1 fully saturated rings. The van der Waals surface area contributed by atoms with E-state index in [0.717, 1.165) is 5.69 Å². The quantitative estimate of drug-likeness (QED) is 0.741. The Hall–Kier alpha value is -0.500. The third kappa shape index (κ3) is 4.31. The van der Waals surface area contributed by atoms with Gasteiger partial charge in [0.05, 0.1) is 16.5 Å². The van der Waals surface area contributed by atoms with Gasteiger partial charge in [0.25, 0.3) is 0 Å². The Morgan fingerprint density at radius 2 is 2.33 bits per heavy atom. The van der Waals surface area contributed by atoms with Crippen LogP contribution in [-0.4, -0.2) is 37.8 Å². The van der Waals surface area contributed by atoms with Crippen molar-refractivity contribution in [3.8, 4) is 0 Å². The molecule has 1 atom stereocenters. The van der Waals surface area contributed by atoms with Crippen molar-refractivity contribution in [2.75, 3.05) is 13.1 Å². The maximum atomic E-state index is 11.9. The Labute approximate surface area is 112 Å². The summed E-state index contributed by atoms with van der Waals surface area (Å²) in [6, 6.07) is 0.539. The van der Waals surface area contributed by atoms with Crippen LogP contribution in [0.25, 0.3) is 0 Å². The molecule has 0 aromatic carbocycles. The molecule has 0 saturated heterocycles. The SMILES string of the molecule is CC(CNC1CC1)S(=O)(=O)NCCc1cscn1.